The average Bonchev–Trinajstić information content (AvgIpc) is 1.95. The quantitative estimate of drug-likeness (QED) is 0.579. The lowest BCUT2D eigenvalue weighted by molar-refractivity contribution is 0.172. The van der Waals surface area contributed by atoms with Gasteiger partial charge >= 0.3 is 0 Å². The summed E-state index contributed by atoms with van der Waals surface area (Å²) in [5, 5.41) is 3.33. The van der Waals surface area contributed by atoms with Crippen LogP contribution in [-0.2, 0) is 0 Å². The topological polar surface area (TPSA) is 15.3 Å². The van der Waals surface area contributed by atoms with Gasteiger partial charge in [-0.3, -0.25) is 0 Å². The summed E-state index contributed by atoms with van der Waals surface area (Å²) in [6, 6.07) is 1.51. The Hall–Kier alpha value is -0.0800. The summed E-state index contributed by atoms with van der Waals surface area (Å²) in [6.07, 6.45) is 2.60. The van der Waals surface area contributed by atoms with Crippen LogP contribution in [0.4, 0.5) is 0 Å². The van der Waals surface area contributed by atoms with E-state index in [0.717, 1.165) is 12.1 Å². The Kier molecular flexibility index (Phi) is 2.69. The molecule has 2 heteroatoms. The van der Waals surface area contributed by atoms with Gasteiger partial charge in [0.1, 0.15) is 0 Å². The maximum absolute atomic E-state index is 3.33. The molecule has 0 aliphatic carbocycles. The maximum atomic E-state index is 3.33. The zero-order valence-corrected chi connectivity index (χ0v) is 7.22. The highest BCUT2D eigenvalue weighted by atomic mass is 15.1. The molecule has 1 rings (SSSR count). The molecule has 2 unspecified atom stereocenters. The molecule has 10 heavy (non-hydrogen) atoms. The third-order valence-electron chi connectivity index (χ3n) is 2.62. The highest BCUT2D eigenvalue weighted by Crippen LogP contribution is 2.14. The Balaban J connectivity index is 2.33. The van der Waals surface area contributed by atoms with Crippen LogP contribution in [0.5, 0.6) is 0 Å². The first-order chi connectivity index (χ1) is 4.74. The van der Waals surface area contributed by atoms with E-state index in [9.17, 15) is 0 Å². The number of nitrogens with zero attached hydrogens (tertiary/aromatic N) is 1. The standard InChI is InChI=1S/C8H18N2/c1-7-6-8(9-2)4-5-10(7)3/h7-9H,4-6H2,1-3H3. The van der Waals surface area contributed by atoms with E-state index in [0.29, 0.717) is 0 Å². The SMILES string of the molecule is CNC1CCN(C)C(C)C1. The lowest BCUT2D eigenvalue weighted by atomic mass is 9.99. The fourth-order valence-electron chi connectivity index (χ4n) is 1.55. The zero-order chi connectivity index (χ0) is 7.56. The third-order valence-corrected chi connectivity index (χ3v) is 2.62. The molecular weight excluding hydrogens is 124 g/mol. The largest absolute Gasteiger partial charge is 0.317 e. The summed E-state index contributed by atoms with van der Waals surface area (Å²) < 4.78 is 0. The predicted molar refractivity (Wildman–Crippen MR) is 44.2 cm³/mol. The highest BCUT2D eigenvalue weighted by molar-refractivity contribution is 4.79. The van der Waals surface area contributed by atoms with Crippen molar-refractivity contribution in [1.82, 2.24) is 10.2 Å². The molecule has 0 amide bonds. The van der Waals surface area contributed by atoms with Gasteiger partial charge in [-0.1, -0.05) is 0 Å². The average molecular weight is 142 g/mol. The third kappa shape index (κ3) is 1.70. The predicted octanol–water partition coefficient (Wildman–Crippen LogP) is 0.688. The van der Waals surface area contributed by atoms with E-state index in [1.807, 2.05) is 0 Å². The van der Waals surface area contributed by atoms with E-state index in [2.05, 4.69) is 31.2 Å². The van der Waals surface area contributed by atoms with Crippen LogP contribution in [0, 0.1) is 0 Å². The van der Waals surface area contributed by atoms with Gasteiger partial charge in [0.25, 0.3) is 0 Å². The first-order valence-corrected chi connectivity index (χ1v) is 4.11. The Morgan fingerprint density at radius 3 is 2.70 bits per heavy atom. The molecule has 0 aromatic rings. The molecule has 1 saturated heterocycles. The number of rotatable bonds is 1. The van der Waals surface area contributed by atoms with Gasteiger partial charge in [0.15, 0.2) is 0 Å². The van der Waals surface area contributed by atoms with Crippen LogP contribution in [0.3, 0.4) is 0 Å². The fourth-order valence-corrected chi connectivity index (χ4v) is 1.55. The smallest absolute Gasteiger partial charge is 0.00910 e. The van der Waals surface area contributed by atoms with Crippen LogP contribution >= 0.6 is 0 Å². The van der Waals surface area contributed by atoms with Crippen LogP contribution in [0.2, 0.25) is 0 Å². The van der Waals surface area contributed by atoms with Crippen molar-refractivity contribution in [3.63, 3.8) is 0 Å². The lowest BCUT2D eigenvalue weighted by Gasteiger charge is -2.34. The van der Waals surface area contributed by atoms with Crippen LogP contribution in [0.25, 0.3) is 0 Å². The molecule has 0 saturated carbocycles. The van der Waals surface area contributed by atoms with Crippen LogP contribution < -0.4 is 5.32 Å². The second-order valence-electron chi connectivity index (χ2n) is 3.34. The molecule has 1 aliphatic rings. The Morgan fingerprint density at radius 2 is 2.20 bits per heavy atom. The molecular formula is C8H18N2. The Bertz CT molecular complexity index is 103. The van der Waals surface area contributed by atoms with E-state index < -0.39 is 0 Å². The molecule has 60 valence electrons. The summed E-state index contributed by atoms with van der Waals surface area (Å²) in [4.78, 5) is 2.42. The lowest BCUT2D eigenvalue weighted by Crippen LogP contribution is -2.44. The van der Waals surface area contributed by atoms with Gasteiger partial charge in [-0.2, -0.15) is 0 Å². The highest BCUT2D eigenvalue weighted by Gasteiger charge is 2.20. The summed E-state index contributed by atoms with van der Waals surface area (Å²) in [5.41, 5.74) is 0. The van der Waals surface area contributed by atoms with E-state index in [1.54, 1.807) is 0 Å². The molecule has 0 bridgehead atoms. The minimum atomic E-state index is 0.756. The van der Waals surface area contributed by atoms with Gasteiger partial charge in [-0.25, -0.2) is 0 Å². The number of nitrogens with one attached hydrogen (secondary N) is 1. The number of hydrogen-bond acceptors (Lipinski definition) is 2. The van der Waals surface area contributed by atoms with Crippen molar-refractivity contribution in [3.8, 4) is 0 Å². The van der Waals surface area contributed by atoms with E-state index >= 15 is 0 Å². The van der Waals surface area contributed by atoms with Gasteiger partial charge < -0.3 is 10.2 Å². The summed E-state index contributed by atoms with van der Waals surface area (Å²) >= 11 is 0. The summed E-state index contributed by atoms with van der Waals surface area (Å²) in [7, 11) is 4.26. The van der Waals surface area contributed by atoms with Crippen molar-refractivity contribution in [1.29, 1.82) is 0 Å². The molecule has 1 fully saturated rings. The van der Waals surface area contributed by atoms with Crippen molar-refractivity contribution in [2.75, 3.05) is 20.6 Å². The second kappa shape index (κ2) is 3.35. The molecule has 0 aromatic heterocycles. The number of hydrogen-bond donors (Lipinski definition) is 1. The number of piperidine rings is 1. The van der Waals surface area contributed by atoms with Crippen molar-refractivity contribution < 1.29 is 0 Å². The first-order valence-electron chi connectivity index (χ1n) is 4.11. The van der Waals surface area contributed by atoms with E-state index in [4.69, 9.17) is 0 Å². The van der Waals surface area contributed by atoms with E-state index in [1.165, 1.54) is 19.4 Å². The molecule has 1 aliphatic heterocycles. The molecule has 1 N–H and O–H groups in total. The second-order valence-corrected chi connectivity index (χ2v) is 3.34. The van der Waals surface area contributed by atoms with Gasteiger partial charge in [0, 0.05) is 12.1 Å². The van der Waals surface area contributed by atoms with Crippen molar-refractivity contribution in [3.05, 3.63) is 0 Å². The fraction of sp³-hybridized carbons (Fsp3) is 1.00. The Labute approximate surface area is 63.6 Å². The number of likely N-dealkylation sites (tertiary alicyclic amines) is 1. The van der Waals surface area contributed by atoms with Crippen LogP contribution in [0.15, 0.2) is 0 Å². The molecule has 0 radical (unpaired) electrons. The first kappa shape index (κ1) is 8.02. The van der Waals surface area contributed by atoms with E-state index in [-0.39, 0.29) is 0 Å². The molecule has 2 atom stereocenters. The Morgan fingerprint density at radius 1 is 1.50 bits per heavy atom. The minimum Gasteiger partial charge on any atom is -0.317 e. The van der Waals surface area contributed by atoms with Gasteiger partial charge in [-0.05, 0) is 40.4 Å². The van der Waals surface area contributed by atoms with Crippen LogP contribution in [-0.4, -0.2) is 37.6 Å². The monoisotopic (exact) mass is 142 g/mol. The summed E-state index contributed by atoms with van der Waals surface area (Å²) in [5.74, 6) is 0. The molecule has 0 aromatic carbocycles. The van der Waals surface area contributed by atoms with Crippen LogP contribution in [0.1, 0.15) is 19.8 Å². The molecule has 1 heterocycles. The van der Waals surface area contributed by atoms with Crippen molar-refractivity contribution >= 4 is 0 Å². The minimum absolute atomic E-state index is 0.756. The van der Waals surface area contributed by atoms with Crippen molar-refractivity contribution in [2.24, 2.45) is 0 Å². The zero-order valence-electron chi connectivity index (χ0n) is 7.22. The molecule has 2 nitrogen and oxygen atoms in total. The van der Waals surface area contributed by atoms with Crippen molar-refractivity contribution in [2.45, 2.75) is 31.8 Å². The van der Waals surface area contributed by atoms with Gasteiger partial charge in [0.2, 0.25) is 0 Å². The maximum Gasteiger partial charge on any atom is 0.00910 e. The normalized spacial score (nSPS) is 36.3. The summed E-state index contributed by atoms with van der Waals surface area (Å²) in [6.45, 7) is 3.54. The van der Waals surface area contributed by atoms with Gasteiger partial charge in [0.05, 0.1) is 0 Å². The molecule has 0 spiro atoms. The van der Waals surface area contributed by atoms with Gasteiger partial charge in [-0.15, -0.1) is 0 Å².